The van der Waals surface area contributed by atoms with Gasteiger partial charge in [0.2, 0.25) is 0 Å². The van der Waals surface area contributed by atoms with Crippen molar-refractivity contribution in [3.05, 3.63) is 23.8 Å². The number of hydrogen-bond acceptors (Lipinski definition) is 4. The monoisotopic (exact) mass is 253 g/mol. The van der Waals surface area contributed by atoms with Crippen molar-refractivity contribution in [2.24, 2.45) is 0 Å². The molecule has 1 aromatic carbocycles. The number of para-hydroxylation sites is 1. The van der Waals surface area contributed by atoms with Crippen molar-refractivity contribution in [1.29, 1.82) is 0 Å². The average molecular weight is 253 g/mol. The van der Waals surface area contributed by atoms with Crippen LogP contribution in [0.1, 0.15) is 33.3 Å². The van der Waals surface area contributed by atoms with Gasteiger partial charge >= 0.3 is 0 Å². The highest BCUT2D eigenvalue weighted by atomic mass is 16.7. The molecular weight excluding hydrogens is 230 g/mol. The quantitative estimate of drug-likeness (QED) is 0.791. The summed E-state index contributed by atoms with van der Waals surface area (Å²) in [5.74, 6) is 1.51. The Morgan fingerprint density at radius 1 is 1.22 bits per heavy atom. The van der Waals surface area contributed by atoms with Crippen molar-refractivity contribution < 1.29 is 14.3 Å². The zero-order valence-electron chi connectivity index (χ0n) is 11.9. The number of nitrogens with one attached hydrogen (secondary N) is 1. The summed E-state index contributed by atoms with van der Waals surface area (Å²) in [6, 6.07) is 5.83. The van der Waals surface area contributed by atoms with Gasteiger partial charge in [0.1, 0.15) is 0 Å². The molecule has 18 heavy (non-hydrogen) atoms. The number of ether oxygens (including phenoxy) is 2. The molecule has 0 unspecified atom stereocenters. The number of rotatable bonds is 6. The van der Waals surface area contributed by atoms with Crippen molar-refractivity contribution in [1.82, 2.24) is 5.48 Å². The first-order valence-corrected chi connectivity index (χ1v) is 6.17. The van der Waals surface area contributed by atoms with E-state index in [9.17, 15) is 0 Å². The van der Waals surface area contributed by atoms with Gasteiger partial charge in [-0.3, -0.25) is 4.84 Å². The second kappa shape index (κ2) is 6.61. The molecule has 0 saturated carbocycles. The maximum Gasteiger partial charge on any atom is 0.165 e. The van der Waals surface area contributed by atoms with Crippen molar-refractivity contribution in [3.8, 4) is 11.5 Å². The molecule has 4 nitrogen and oxygen atoms in total. The number of methoxy groups -OCH3 is 1. The maximum atomic E-state index is 5.52. The smallest absolute Gasteiger partial charge is 0.165 e. The average Bonchev–Trinajstić information content (AvgIpc) is 2.28. The van der Waals surface area contributed by atoms with E-state index in [1.54, 1.807) is 7.11 Å². The summed E-state index contributed by atoms with van der Waals surface area (Å²) in [6.07, 6.45) is 0. The summed E-state index contributed by atoms with van der Waals surface area (Å²) >= 11 is 0. The lowest BCUT2D eigenvalue weighted by Gasteiger charge is -2.20. The van der Waals surface area contributed by atoms with E-state index in [-0.39, 0.29) is 5.60 Å². The first-order chi connectivity index (χ1) is 8.48. The Morgan fingerprint density at radius 3 is 2.50 bits per heavy atom. The van der Waals surface area contributed by atoms with E-state index < -0.39 is 0 Å². The lowest BCUT2D eigenvalue weighted by Crippen LogP contribution is -2.28. The molecule has 1 rings (SSSR count). The molecule has 0 fully saturated rings. The summed E-state index contributed by atoms with van der Waals surface area (Å²) in [6.45, 7) is 9.12. The Morgan fingerprint density at radius 2 is 1.94 bits per heavy atom. The Kier molecular flexibility index (Phi) is 5.44. The molecule has 0 spiro atoms. The van der Waals surface area contributed by atoms with Gasteiger partial charge in [-0.25, -0.2) is 0 Å². The fourth-order valence-corrected chi connectivity index (χ4v) is 1.53. The minimum atomic E-state index is -0.217. The van der Waals surface area contributed by atoms with Gasteiger partial charge in [0.15, 0.2) is 11.5 Å². The Bertz CT molecular complexity index is 372. The first kappa shape index (κ1) is 14.8. The molecule has 0 aliphatic heterocycles. The van der Waals surface area contributed by atoms with Crippen LogP contribution >= 0.6 is 0 Å². The van der Waals surface area contributed by atoms with E-state index in [0.717, 1.165) is 17.1 Å². The standard InChI is InChI=1S/C14H23NO3/c1-6-17-12-9-7-8-11(13(12)16-5)10-15-18-14(2,3)4/h7-9,15H,6,10H2,1-5H3. The highest BCUT2D eigenvalue weighted by Gasteiger charge is 2.13. The molecule has 1 aromatic rings. The fraction of sp³-hybridized carbons (Fsp3) is 0.571. The van der Waals surface area contributed by atoms with Crippen LogP contribution in [0.4, 0.5) is 0 Å². The number of hydrogen-bond donors (Lipinski definition) is 1. The van der Waals surface area contributed by atoms with Crippen molar-refractivity contribution in [2.75, 3.05) is 13.7 Å². The SMILES string of the molecule is CCOc1cccc(CNOC(C)(C)C)c1OC. The van der Waals surface area contributed by atoms with Crippen LogP contribution in [-0.4, -0.2) is 19.3 Å². The maximum absolute atomic E-state index is 5.52. The zero-order chi connectivity index (χ0) is 13.6. The normalized spacial score (nSPS) is 11.4. The van der Waals surface area contributed by atoms with Gasteiger partial charge in [-0.1, -0.05) is 12.1 Å². The van der Waals surface area contributed by atoms with Crippen molar-refractivity contribution in [3.63, 3.8) is 0 Å². The van der Waals surface area contributed by atoms with E-state index in [1.807, 2.05) is 45.9 Å². The van der Waals surface area contributed by atoms with Crippen LogP contribution in [-0.2, 0) is 11.4 Å². The summed E-state index contributed by atoms with van der Waals surface area (Å²) in [7, 11) is 1.64. The topological polar surface area (TPSA) is 39.7 Å². The summed E-state index contributed by atoms with van der Waals surface area (Å²) in [5, 5.41) is 0. The summed E-state index contributed by atoms with van der Waals surface area (Å²) < 4.78 is 10.9. The van der Waals surface area contributed by atoms with Gasteiger partial charge in [-0.2, -0.15) is 5.48 Å². The van der Waals surface area contributed by atoms with Gasteiger partial charge in [0, 0.05) is 12.1 Å². The molecule has 0 heterocycles. The summed E-state index contributed by atoms with van der Waals surface area (Å²) in [5.41, 5.74) is 3.74. The van der Waals surface area contributed by atoms with Crippen LogP contribution in [0.2, 0.25) is 0 Å². The van der Waals surface area contributed by atoms with Gasteiger partial charge in [0.05, 0.1) is 19.3 Å². The third-order valence-electron chi connectivity index (χ3n) is 2.21. The number of hydroxylamine groups is 1. The molecule has 4 heteroatoms. The number of benzene rings is 1. The van der Waals surface area contributed by atoms with Gasteiger partial charge in [-0.15, -0.1) is 0 Å². The van der Waals surface area contributed by atoms with Crippen LogP contribution in [0.25, 0.3) is 0 Å². The third-order valence-corrected chi connectivity index (χ3v) is 2.21. The highest BCUT2D eigenvalue weighted by Crippen LogP contribution is 2.30. The Labute approximate surface area is 109 Å². The van der Waals surface area contributed by atoms with Crippen LogP contribution in [0.3, 0.4) is 0 Å². The van der Waals surface area contributed by atoms with E-state index in [4.69, 9.17) is 14.3 Å². The van der Waals surface area contributed by atoms with E-state index >= 15 is 0 Å². The van der Waals surface area contributed by atoms with Crippen LogP contribution < -0.4 is 15.0 Å². The predicted molar refractivity (Wildman–Crippen MR) is 71.8 cm³/mol. The zero-order valence-corrected chi connectivity index (χ0v) is 11.9. The third kappa shape index (κ3) is 4.55. The van der Waals surface area contributed by atoms with Gasteiger partial charge < -0.3 is 9.47 Å². The van der Waals surface area contributed by atoms with Crippen LogP contribution in [0.15, 0.2) is 18.2 Å². The lowest BCUT2D eigenvalue weighted by molar-refractivity contribution is -0.0759. The lowest BCUT2D eigenvalue weighted by atomic mass is 10.2. The molecule has 0 aliphatic rings. The molecular formula is C14H23NO3. The minimum Gasteiger partial charge on any atom is -0.493 e. The molecule has 102 valence electrons. The highest BCUT2D eigenvalue weighted by molar-refractivity contribution is 5.46. The predicted octanol–water partition coefficient (Wildman–Crippen LogP) is 2.91. The Balaban J connectivity index is 2.72. The van der Waals surface area contributed by atoms with E-state index in [0.29, 0.717) is 13.2 Å². The van der Waals surface area contributed by atoms with Crippen LogP contribution in [0, 0.1) is 0 Å². The van der Waals surface area contributed by atoms with Gasteiger partial charge in [-0.05, 0) is 33.8 Å². The van der Waals surface area contributed by atoms with Crippen molar-refractivity contribution in [2.45, 2.75) is 39.8 Å². The van der Waals surface area contributed by atoms with Crippen LogP contribution in [0.5, 0.6) is 11.5 Å². The molecule has 1 N–H and O–H groups in total. The second-order valence-corrected chi connectivity index (χ2v) is 4.92. The molecule has 0 bridgehead atoms. The molecule has 0 radical (unpaired) electrons. The van der Waals surface area contributed by atoms with Crippen molar-refractivity contribution >= 4 is 0 Å². The molecule has 0 aromatic heterocycles. The molecule has 0 aliphatic carbocycles. The molecule has 0 saturated heterocycles. The summed E-state index contributed by atoms with van der Waals surface area (Å²) in [4.78, 5) is 5.49. The Hall–Kier alpha value is -1.26. The minimum absolute atomic E-state index is 0.217. The molecule has 0 atom stereocenters. The van der Waals surface area contributed by atoms with E-state index in [2.05, 4.69) is 5.48 Å². The van der Waals surface area contributed by atoms with Gasteiger partial charge in [0.25, 0.3) is 0 Å². The first-order valence-electron chi connectivity index (χ1n) is 6.17. The fourth-order valence-electron chi connectivity index (χ4n) is 1.53. The molecule has 0 amide bonds. The largest absolute Gasteiger partial charge is 0.493 e. The second-order valence-electron chi connectivity index (χ2n) is 4.92. The van der Waals surface area contributed by atoms with E-state index in [1.165, 1.54) is 0 Å².